The maximum Gasteiger partial charge on any atom is 0.273 e. The molecule has 0 fully saturated rings. The number of carbonyl (C=O) groups excluding carboxylic acids is 1. The van der Waals surface area contributed by atoms with Crippen molar-refractivity contribution < 1.29 is 9.63 Å². The van der Waals surface area contributed by atoms with Gasteiger partial charge in [0.25, 0.3) is 5.91 Å². The van der Waals surface area contributed by atoms with Crippen molar-refractivity contribution >= 4 is 48.9 Å². The van der Waals surface area contributed by atoms with Gasteiger partial charge in [-0.1, -0.05) is 98.0 Å². The molecule has 3 aromatic rings. The van der Waals surface area contributed by atoms with E-state index in [0.717, 1.165) is 22.5 Å². The Balaban J connectivity index is 2.07. The van der Waals surface area contributed by atoms with Crippen molar-refractivity contribution in [2.24, 2.45) is 10.9 Å². The lowest BCUT2D eigenvalue weighted by Gasteiger charge is -2.28. The molecule has 1 aromatic heterocycles. The number of anilines is 1. The van der Waals surface area contributed by atoms with Crippen LogP contribution in [0.2, 0.25) is 4.34 Å². The van der Waals surface area contributed by atoms with Crippen LogP contribution in [0.1, 0.15) is 16.8 Å². The molecule has 3 rings (SSSR count). The molecule has 6 nitrogen and oxygen atoms in total. The first-order valence-corrected chi connectivity index (χ1v) is 9.57. The van der Waals surface area contributed by atoms with Crippen LogP contribution in [0.4, 0.5) is 5.13 Å². The quantitative estimate of drug-likeness (QED) is 0.364. The molecule has 0 saturated heterocycles. The normalized spacial score (nSPS) is 12.0. The van der Waals surface area contributed by atoms with Crippen molar-refractivity contribution in [1.82, 2.24) is 4.98 Å². The van der Waals surface area contributed by atoms with E-state index in [1.165, 1.54) is 0 Å². The largest absolute Gasteiger partial charge is 0.375 e. The average Bonchev–Trinajstić information content (AvgIpc) is 3.01. The summed E-state index contributed by atoms with van der Waals surface area (Å²) in [5.41, 5.74) is 12.6. The number of nitrogen functional groups attached to an aromatic ring is 1. The number of primary amides is 1. The smallest absolute Gasteiger partial charge is 0.273 e. The molecule has 0 aliphatic rings. The predicted molar refractivity (Wildman–Crippen MR) is 112 cm³/mol. The lowest BCUT2D eigenvalue weighted by Crippen LogP contribution is -2.28. The van der Waals surface area contributed by atoms with Crippen LogP contribution in [0, 0.1) is 0 Å². The fourth-order valence-corrected chi connectivity index (χ4v) is 3.80. The Labute approximate surface area is 167 Å². The number of halogens is 1. The molecule has 1 unspecified atom stereocenters. The van der Waals surface area contributed by atoms with Crippen LogP contribution in [0.5, 0.6) is 0 Å². The van der Waals surface area contributed by atoms with Crippen molar-refractivity contribution in [3.05, 3.63) is 81.8 Å². The number of hydrogen-bond donors (Lipinski definition) is 2. The monoisotopic (exact) mass is 418 g/mol. The predicted octanol–water partition coefficient (Wildman–Crippen LogP) is 3.36. The molecule has 1 amide bonds. The van der Waals surface area contributed by atoms with Crippen molar-refractivity contribution in [2.75, 3.05) is 5.73 Å². The van der Waals surface area contributed by atoms with Gasteiger partial charge in [-0.25, -0.2) is 4.98 Å². The third-order valence-corrected chi connectivity index (χ3v) is 5.60. The van der Waals surface area contributed by atoms with Crippen molar-refractivity contribution in [2.45, 2.75) is 5.34 Å². The van der Waals surface area contributed by atoms with Gasteiger partial charge in [0.15, 0.2) is 16.2 Å². The van der Waals surface area contributed by atoms with Gasteiger partial charge in [0.05, 0.1) is 0 Å². The number of hydrogen-bond acceptors (Lipinski definition) is 6. The minimum Gasteiger partial charge on any atom is -0.375 e. The molecular formula is C18H16ClN4O2PS. The minimum atomic E-state index is -1.04. The number of rotatable bonds is 6. The summed E-state index contributed by atoms with van der Waals surface area (Å²) in [4.78, 5) is 21.8. The zero-order valence-corrected chi connectivity index (χ0v) is 16.7. The summed E-state index contributed by atoms with van der Waals surface area (Å²) in [5, 5.41) is 3.17. The Bertz CT molecular complexity index is 940. The van der Waals surface area contributed by atoms with Gasteiger partial charge in [0.1, 0.15) is 10.0 Å². The molecule has 138 valence electrons. The maximum absolute atomic E-state index is 11.9. The average molecular weight is 419 g/mol. The zero-order valence-electron chi connectivity index (χ0n) is 14.0. The van der Waals surface area contributed by atoms with Gasteiger partial charge in [0.2, 0.25) is 0 Å². The fourth-order valence-electron chi connectivity index (χ4n) is 2.43. The Morgan fingerprint density at radius 2 is 1.63 bits per heavy atom. The lowest BCUT2D eigenvalue weighted by atomic mass is 10.0. The van der Waals surface area contributed by atoms with Crippen LogP contribution in [0.3, 0.4) is 0 Å². The van der Waals surface area contributed by atoms with E-state index < -0.39 is 11.2 Å². The highest BCUT2D eigenvalue weighted by molar-refractivity contribution is 7.19. The second kappa shape index (κ2) is 8.05. The number of benzene rings is 2. The third kappa shape index (κ3) is 4.11. The van der Waals surface area contributed by atoms with Gasteiger partial charge < -0.3 is 16.3 Å². The minimum absolute atomic E-state index is 0.0974. The summed E-state index contributed by atoms with van der Waals surface area (Å²) < 4.78 is 0.211. The lowest BCUT2D eigenvalue weighted by molar-refractivity contribution is -0.112. The van der Waals surface area contributed by atoms with Gasteiger partial charge >= 0.3 is 0 Å². The van der Waals surface area contributed by atoms with Gasteiger partial charge in [0, 0.05) is 11.1 Å². The fraction of sp³-hybridized carbons (Fsp3) is 0.0556. The standard InChI is InChI=1S/C18H16ClN4O2PS/c19-15-13(22-17(21)27-15)14(16(20)24)23-25-18(26,11-7-3-1-4-8-11)12-9-5-2-6-10-12/h1-10H,26H2,(H2,20,24)(H2,21,22)/b23-14-. The topological polar surface area (TPSA) is 104 Å². The number of thiazole rings is 1. The van der Waals surface area contributed by atoms with Crippen LogP contribution < -0.4 is 11.5 Å². The number of aromatic nitrogens is 1. The molecule has 0 aliphatic heterocycles. The van der Waals surface area contributed by atoms with E-state index in [9.17, 15) is 4.79 Å². The Morgan fingerprint density at radius 3 is 2.04 bits per heavy atom. The van der Waals surface area contributed by atoms with Crippen LogP contribution in [0.15, 0.2) is 65.8 Å². The first-order valence-electron chi connectivity index (χ1n) is 7.80. The van der Waals surface area contributed by atoms with E-state index in [1.54, 1.807) is 0 Å². The second-order valence-corrected chi connectivity index (χ2v) is 7.98. The molecular weight excluding hydrogens is 403 g/mol. The third-order valence-electron chi connectivity index (χ3n) is 3.75. The highest BCUT2D eigenvalue weighted by Crippen LogP contribution is 2.40. The molecule has 0 spiro atoms. The van der Waals surface area contributed by atoms with Crippen LogP contribution in [-0.2, 0) is 15.0 Å². The molecule has 0 bridgehead atoms. The van der Waals surface area contributed by atoms with Crippen LogP contribution >= 0.6 is 32.2 Å². The number of amides is 1. The summed E-state index contributed by atoms with van der Waals surface area (Å²) in [6.07, 6.45) is 0. The molecule has 0 saturated carbocycles. The molecule has 0 aliphatic carbocycles. The Morgan fingerprint density at radius 1 is 1.11 bits per heavy atom. The highest BCUT2D eigenvalue weighted by atomic mass is 35.5. The number of carbonyl (C=O) groups is 1. The highest BCUT2D eigenvalue weighted by Gasteiger charge is 2.33. The van der Waals surface area contributed by atoms with Gasteiger partial charge in [-0.05, 0) is 0 Å². The van der Waals surface area contributed by atoms with E-state index >= 15 is 0 Å². The van der Waals surface area contributed by atoms with E-state index in [0.29, 0.717) is 0 Å². The van der Waals surface area contributed by atoms with Crippen LogP contribution in [-0.4, -0.2) is 16.6 Å². The van der Waals surface area contributed by atoms with Gasteiger partial charge in [-0.3, -0.25) is 4.79 Å². The molecule has 9 heteroatoms. The molecule has 4 N–H and O–H groups in total. The van der Waals surface area contributed by atoms with E-state index in [-0.39, 0.29) is 20.9 Å². The summed E-state index contributed by atoms with van der Waals surface area (Å²) in [7, 11) is 2.64. The first kappa shape index (κ1) is 19.3. The van der Waals surface area contributed by atoms with E-state index in [4.69, 9.17) is 27.9 Å². The van der Waals surface area contributed by atoms with Crippen molar-refractivity contribution in [1.29, 1.82) is 0 Å². The maximum atomic E-state index is 11.9. The Kier molecular flexibility index (Phi) is 5.75. The summed E-state index contributed by atoms with van der Waals surface area (Å²) in [5.74, 6) is -0.823. The summed E-state index contributed by atoms with van der Waals surface area (Å²) in [6.45, 7) is 0. The number of nitrogens with zero attached hydrogens (tertiary/aromatic N) is 2. The number of oxime groups is 1. The van der Waals surface area contributed by atoms with E-state index in [2.05, 4.69) is 19.4 Å². The van der Waals surface area contributed by atoms with Crippen LogP contribution in [0.25, 0.3) is 0 Å². The van der Waals surface area contributed by atoms with E-state index in [1.807, 2.05) is 60.7 Å². The zero-order chi connectivity index (χ0) is 19.4. The van der Waals surface area contributed by atoms with Crippen molar-refractivity contribution in [3.8, 4) is 0 Å². The summed E-state index contributed by atoms with van der Waals surface area (Å²) in [6, 6.07) is 18.9. The second-order valence-electron chi connectivity index (χ2n) is 5.54. The van der Waals surface area contributed by atoms with Crippen molar-refractivity contribution in [3.63, 3.8) is 0 Å². The molecule has 1 heterocycles. The van der Waals surface area contributed by atoms with Gasteiger partial charge in [-0.2, -0.15) is 0 Å². The SMILES string of the molecule is NC(=O)/C(=N\OC(P)(c1ccccc1)c1ccccc1)c1nc(N)sc1Cl. The Hall–Kier alpha value is -2.47. The summed E-state index contributed by atoms with van der Waals surface area (Å²) >= 11 is 7.12. The number of nitrogens with two attached hydrogens (primary N) is 2. The molecule has 0 radical (unpaired) electrons. The molecule has 27 heavy (non-hydrogen) atoms. The first-order chi connectivity index (χ1) is 12.9. The van der Waals surface area contributed by atoms with Gasteiger partial charge in [-0.15, -0.1) is 0 Å². The molecule has 2 aromatic carbocycles. The molecule has 1 atom stereocenters.